The smallest absolute Gasteiger partial charge is 0.227 e. The molecule has 1 heterocycles. The van der Waals surface area contributed by atoms with E-state index in [0.29, 0.717) is 6.42 Å². The number of hydrogen-bond acceptors (Lipinski definition) is 4. The van der Waals surface area contributed by atoms with Crippen LogP contribution in [0.2, 0.25) is 0 Å². The van der Waals surface area contributed by atoms with Crippen LogP contribution < -0.4 is 4.74 Å². The molecular formula is C21H24N4O2. The number of rotatable bonds is 6. The molecule has 1 atom stereocenters. The molecule has 27 heavy (non-hydrogen) atoms. The lowest BCUT2D eigenvalue weighted by atomic mass is 10.0. The minimum Gasteiger partial charge on any atom is -0.496 e. The minimum absolute atomic E-state index is 0.0327. The lowest BCUT2D eigenvalue weighted by Crippen LogP contribution is -2.31. The van der Waals surface area contributed by atoms with E-state index in [0.717, 1.165) is 28.1 Å². The lowest BCUT2D eigenvalue weighted by Gasteiger charge is -2.26. The van der Waals surface area contributed by atoms with E-state index in [1.54, 1.807) is 23.0 Å². The fourth-order valence-corrected chi connectivity index (χ4v) is 2.96. The number of benzene rings is 2. The molecule has 0 aliphatic carbocycles. The van der Waals surface area contributed by atoms with Gasteiger partial charge >= 0.3 is 0 Å². The molecule has 3 rings (SSSR count). The number of aryl methyl sites for hydroxylation is 1. The monoisotopic (exact) mass is 364 g/mol. The highest BCUT2D eigenvalue weighted by atomic mass is 16.5. The SMILES string of the molecule is COc1cc(CC(=O)N(C)C(C)c2ccc(-n3cncn3)cc2)ccc1C. The van der Waals surface area contributed by atoms with E-state index < -0.39 is 0 Å². The largest absolute Gasteiger partial charge is 0.496 e. The zero-order valence-corrected chi connectivity index (χ0v) is 16.1. The maximum absolute atomic E-state index is 12.7. The number of hydrogen-bond donors (Lipinski definition) is 0. The number of carbonyl (C=O) groups excluding carboxylic acids is 1. The molecule has 6 nitrogen and oxygen atoms in total. The number of likely N-dealkylation sites (N-methyl/N-ethyl adjacent to an activating group) is 1. The third-order valence-corrected chi connectivity index (χ3v) is 4.86. The molecule has 0 bridgehead atoms. The Morgan fingerprint density at radius 3 is 2.59 bits per heavy atom. The van der Waals surface area contributed by atoms with Gasteiger partial charge in [0.05, 0.1) is 25.3 Å². The van der Waals surface area contributed by atoms with Gasteiger partial charge in [-0.05, 0) is 48.7 Å². The highest BCUT2D eigenvalue weighted by Gasteiger charge is 2.18. The average molecular weight is 364 g/mol. The fourth-order valence-electron chi connectivity index (χ4n) is 2.96. The summed E-state index contributed by atoms with van der Waals surface area (Å²) in [5.41, 5.74) is 4.01. The third kappa shape index (κ3) is 4.16. The van der Waals surface area contributed by atoms with Crippen molar-refractivity contribution in [3.05, 3.63) is 71.8 Å². The summed E-state index contributed by atoms with van der Waals surface area (Å²) in [6.07, 6.45) is 3.50. The van der Waals surface area contributed by atoms with E-state index in [-0.39, 0.29) is 11.9 Å². The second-order valence-electron chi connectivity index (χ2n) is 6.59. The Bertz CT molecular complexity index is 904. The van der Waals surface area contributed by atoms with Crippen molar-refractivity contribution in [3.63, 3.8) is 0 Å². The zero-order valence-electron chi connectivity index (χ0n) is 16.1. The molecule has 1 amide bonds. The first-order valence-corrected chi connectivity index (χ1v) is 8.83. The molecule has 0 saturated carbocycles. The Morgan fingerprint density at radius 2 is 1.96 bits per heavy atom. The van der Waals surface area contributed by atoms with E-state index >= 15 is 0 Å². The molecule has 140 valence electrons. The summed E-state index contributed by atoms with van der Waals surface area (Å²) in [6, 6.07) is 13.8. The summed E-state index contributed by atoms with van der Waals surface area (Å²) in [4.78, 5) is 18.5. The molecule has 0 radical (unpaired) electrons. The van der Waals surface area contributed by atoms with Crippen molar-refractivity contribution in [1.29, 1.82) is 0 Å². The molecule has 0 spiro atoms. The number of amides is 1. The van der Waals surface area contributed by atoms with Crippen LogP contribution in [0, 0.1) is 6.92 Å². The Labute approximate surface area is 159 Å². The van der Waals surface area contributed by atoms with E-state index in [9.17, 15) is 4.79 Å². The van der Waals surface area contributed by atoms with Gasteiger partial charge < -0.3 is 9.64 Å². The van der Waals surface area contributed by atoms with Gasteiger partial charge in [0, 0.05) is 7.05 Å². The number of nitrogens with zero attached hydrogens (tertiary/aromatic N) is 4. The van der Waals surface area contributed by atoms with Gasteiger partial charge in [-0.1, -0.05) is 24.3 Å². The van der Waals surface area contributed by atoms with Crippen LogP contribution in [0.25, 0.3) is 5.69 Å². The average Bonchev–Trinajstić information content (AvgIpc) is 3.23. The van der Waals surface area contributed by atoms with Crippen molar-refractivity contribution in [2.24, 2.45) is 0 Å². The van der Waals surface area contributed by atoms with Gasteiger partial charge in [0.15, 0.2) is 0 Å². The maximum Gasteiger partial charge on any atom is 0.227 e. The first kappa shape index (κ1) is 18.6. The van der Waals surface area contributed by atoms with Crippen molar-refractivity contribution in [3.8, 4) is 11.4 Å². The lowest BCUT2D eigenvalue weighted by molar-refractivity contribution is -0.131. The zero-order chi connectivity index (χ0) is 19.4. The molecule has 2 aromatic carbocycles. The van der Waals surface area contributed by atoms with Gasteiger partial charge in [0.25, 0.3) is 0 Å². The van der Waals surface area contributed by atoms with Crippen molar-refractivity contribution in [2.45, 2.75) is 26.3 Å². The first-order chi connectivity index (χ1) is 13.0. The molecule has 0 fully saturated rings. The number of ether oxygens (including phenoxy) is 1. The highest BCUT2D eigenvalue weighted by Crippen LogP contribution is 2.23. The summed E-state index contributed by atoms with van der Waals surface area (Å²) in [5.74, 6) is 0.869. The maximum atomic E-state index is 12.7. The fraction of sp³-hybridized carbons (Fsp3) is 0.286. The second kappa shape index (κ2) is 8.03. The van der Waals surface area contributed by atoms with Gasteiger partial charge in [-0.2, -0.15) is 5.10 Å². The molecule has 0 N–H and O–H groups in total. The number of carbonyl (C=O) groups is 1. The number of aromatic nitrogens is 3. The standard InChI is InChI=1S/C21H24N4O2/c1-15-5-6-17(11-20(15)27-4)12-21(26)24(3)16(2)18-7-9-19(10-8-18)25-14-22-13-23-25/h5-11,13-14,16H,12H2,1-4H3. The normalized spacial score (nSPS) is 11.9. The Morgan fingerprint density at radius 1 is 1.22 bits per heavy atom. The van der Waals surface area contributed by atoms with Gasteiger partial charge in [-0.15, -0.1) is 0 Å². The van der Waals surface area contributed by atoms with E-state index in [1.807, 2.05) is 63.4 Å². The second-order valence-corrected chi connectivity index (χ2v) is 6.59. The van der Waals surface area contributed by atoms with Crippen LogP contribution in [0.5, 0.6) is 5.75 Å². The minimum atomic E-state index is -0.0327. The van der Waals surface area contributed by atoms with Crippen molar-refractivity contribution in [1.82, 2.24) is 19.7 Å². The van der Waals surface area contributed by atoms with Crippen LogP contribution in [0.1, 0.15) is 29.7 Å². The van der Waals surface area contributed by atoms with E-state index in [1.165, 1.54) is 6.33 Å². The summed E-state index contributed by atoms with van der Waals surface area (Å²) in [6.45, 7) is 4.01. The summed E-state index contributed by atoms with van der Waals surface area (Å²) < 4.78 is 7.05. The predicted octanol–water partition coefficient (Wildman–Crippen LogP) is 3.35. The van der Waals surface area contributed by atoms with Crippen LogP contribution in [0.15, 0.2) is 55.1 Å². The summed E-state index contributed by atoms with van der Waals surface area (Å²) >= 11 is 0. The van der Waals surface area contributed by atoms with Crippen LogP contribution >= 0.6 is 0 Å². The van der Waals surface area contributed by atoms with Crippen molar-refractivity contribution < 1.29 is 9.53 Å². The summed E-state index contributed by atoms with van der Waals surface area (Å²) in [5, 5.41) is 4.12. The van der Waals surface area contributed by atoms with Crippen LogP contribution in [0.4, 0.5) is 0 Å². The highest BCUT2D eigenvalue weighted by molar-refractivity contribution is 5.79. The molecular weight excluding hydrogens is 340 g/mol. The molecule has 0 aliphatic heterocycles. The Kier molecular flexibility index (Phi) is 5.54. The van der Waals surface area contributed by atoms with Crippen LogP contribution in [-0.2, 0) is 11.2 Å². The van der Waals surface area contributed by atoms with Gasteiger partial charge in [-0.25, -0.2) is 9.67 Å². The van der Waals surface area contributed by atoms with E-state index in [2.05, 4.69) is 10.1 Å². The van der Waals surface area contributed by atoms with Gasteiger partial charge in [0.2, 0.25) is 5.91 Å². The molecule has 1 aromatic heterocycles. The Balaban J connectivity index is 1.69. The van der Waals surface area contributed by atoms with E-state index in [4.69, 9.17) is 4.74 Å². The van der Waals surface area contributed by atoms with Crippen LogP contribution in [-0.4, -0.2) is 39.7 Å². The van der Waals surface area contributed by atoms with Crippen LogP contribution in [0.3, 0.4) is 0 Å². The molecule has 0 aliphatic rings. The molecule has 3 aromatic rings. The molecule has 1 unspecified atom stereocenters. The third-order valence-electron chi connectivity index (χ3n) is 4.86. The quantitative estimate of drug-likeness (QED) is 0.673. The molecule has 0 saturated heterocycles. The first-order valence-electron chi connectivity index (χ1n) is 8.83. The predicted molar refractivity (Wildman–Crippen MR) is 104 cm³/mol. The number of methoxy groups -OCH3 is 1. The summed E-state index contributed by atoms with van der Waals surface area (Å²) in [7, 11) is 3.48. The van der Waals surface area contributed by atoms with Crippen molar-refractivity contribution in [2.75, 3.05) is 14.2 Å². The topological polar surface area (TPSA) is 60.2 Å². The Hall–Kier alpha value is -3.15. The van der Waals surface area contributed by atoms with Crippen molar-refractivity contribution >= 4 is 5.91 Å². The van der Waals surface area contributed by atoms with Gasteiger partial charge in [-0.3, -0.25) is 4.79 Å². The van der Waals surface area contributed by atoms with Gasteiger partial charge in [0.1, 0.15) is 18.4 Å². The molecule has 6 heteroatoms.